The molecule has 3 aromatic rings. The summed E-state index contributed by atoms with van der Waals surface area (Å²) >= 11 is 7.20. The van der Waals surface area contributed by atoms with E-state index < -0.39 is 0 Å². The third-order valence-corrected chi connectivity index (χ3v) is 5.55. The van der Waals surface area contributed by atoms with Crippen LogP contribution in [-0.4, -0.2) is 39.1 Å². The van der Waals surface area contributed by atoms with Gasteiger partial charge in [0.2, 0.25) is 11.7 Å². The van der Waals surface area contributed by atoms with Gasteiger partial charge in [0.1, 0.15) is 0 Å². The summed E-state index contributed by atoms with van der Waals surface area (Å²) in [4.78, 5) is 12.3. The van der Waals surface area contributed by atoms with Crippen molar-refractivity contribution in [3.63, 3.8) is 0 Å². The Kier molecular flexibility index (Phi) is 5.99. The van der Waals surface area contributed by atoms with E-state index in [0.29, 0.717) is 34.0 Å². The van der Waals surface area contributed by atoms with Gasteiger partial charge in [-0.2, -0.15) is 0 Å². The monoisotopic (exact) mass is 418 g/mol. The third-order valence-electron chi connectivity index (χ3n) is 4.33. The highest BCUT2D eigenvalue weighted by molar-refractivity contribution is 7.99. The first-order chi connectivity index (χ1) is 13.7. The van der Waals surface area contributed by atoms with Gasteiger partial charge in [0.15, 0.2) is 10.9 Å². The van der Waals surface area contributed by atoms with Crippen LogP contribution < -0.4 is 5.32 Å². The van der Waals surface area contributed by atoms with E-state index in [9.17, 15) is 4.79 Å². The van der Waals surface area contributed by atoms with E-state index in [1.165, 1.54) is 11.8 Å². The third kappa shape index (κ3) is 4.57. The lowest BCUT2D eigenvalue weighted by Crippen LogP contribution is -2.18. The predicted molar refractivity (Wildman–Crippen MR) is 108 cm³/mol. The number of aromatic nitrogens is 3. The minimum atomic E-state index is -0.126. The minimum absolute atomic E-state index is 0.118. The molecule has 146 valence electrons. The van der Waals surface area contributed by atoms with Crippen LogP contribution in [-0.2, 0) is 16.1 Å². The molecule has 9 heteroatoms. The lowest BCUT2D eigenvalue weighted by atomic mass is 10.2. The molecule has 1 N–H and O–H groups in total. The van der Waals surface area contributed by atoms with Crippen LogP contribution in [0.2, 0.25) is 5.02 Å². The first-order valence-electron chi connectivity index (χ1n) is 8.96. The van der Waals surface area contributed by atoms with Crippen molar-refractivity contribution in [2.75, 3.05) is 17.7 Å². The minimum Gasteiger partial charge on any atom is -0.461 e. The van der Waals surface area contributed by atoms with Gasteiger partial charge in [-0.3, -0.25) is 9.36 Å². The van der Waals surface area contributed by atoms with Crippen molar-refractivity contribution in [3.05, 3.63) is 47.7 Å². The molecule has 1 aliphatic rings. The maximum atomic E-state index is 12.3. The van der Waals surface area contributed by atoms with Crippen molar-refractivity contribution in [2.45, 2.75) is 30.6 Å². The Balaban J connectivity index is 1.45. The fourth-order valence-corrected chi connectivity index (χ4v) is 3.87. The largest absolute Gasteiger partial charge is 0.461 e. The van der Waals surface area contributed by atoms with Crippen LogP contribution >= 0.6 is 23.4 Å². The normalized spacial score (nSPS) is 16.4. The molecular formula is C19H19ClN4O3S. The number of ether oxygens (including phenoxy) is 1. The molecule has 1 aromatic carbocycles. The first-order valence-corrected chi connectivity index (χ1v) is 10.3. The van der Waals surface area contributed by atoms with Gasteiger partial charge in [-0.05, 0) is 49.2 Å². The summed E-state index contributed by atoms with van der Waals surface area (Å²) in [5, 5.41) is 12.7. The summed E-state index contributed by atoms with van der Waals surface area (Å²) in [5.41, 5.74) is 0.701. The molecule has 0 saturated carbocycles. The molecule has 0 bridgehead atoms. The SMILES string of the molecule is O=C(CSc1nnc(-c2ccco2)n1CC1CCCO1)Nc1ccc(Cl)cc1. The summed E-state index contributed by atoms with van der Waals surface area (Å²) in [5.74, 6) is 1.37. The summed E-state index contributed by atoms with van der Waals surface area (Å²) < 4.78 is 13.2. The Bertz CT molecular complexity index is 921. The summed E-state index contributed by atoms with van der Waals surface area (Å²) in [6.07, 6.45) is 3.77. The smallest absolute Gasteiger partial charge is 0.234 e. The number of halogens is 1. The molecule has 1 saturated heterocycles. The van der Waals surface area contributed by atoms with Crippen LogP contribution in [0.3, 0.4) is 0 Å². The zero-order chi connectivity index (χ0) is 19.3. The lowest BCUT2D eigenvalue weighted by molar-refractivity contribution is -0.113. The molecule has 0 spiro atoms. The van der Waals surface area contributed by atoms with Gasteiger partial charge >= 0.3 is 0 Å². The van der Waals surface area contributed by atoms with Crippen LogP contribution in [0.5, 0.6) is 0 Å². The molecular weight excluding hydrogens is 400 g/mol. The van der Waals surface area contributed by atoms with Crippen LogP contribution in [0, 0.1) is 0 Å². The molecule has 28 heavy (non-hydrogen) atoms. The number of carbonyl (C=O) groups is 1. The second-order valence-corrected chi connectivity index (χ2v) is 7.75. The lowest BCUT2D eigenvalue weighted by Gasteiger charge is -2.13. The number of nitrogens with zero attached hydrogens (tertiary/aromatic N) is 3. The van der Waals surface area contributed by atoms with Gasteiger partial charge in [0, 0.05) is 17.3 Å². The number of amides is 1. The van der Waals surface area contributed by atoms with Crippen molar-refractivity contribution in [1.29, 1.82) is 0 Å². The van der Waals surface area contributed by atoms with Crippen molar-refractivity contribution < 1.29 is 13.9 Å². The Labute approximate surface area is 171 Å². The van der Waals surface area contributed by atoms with Crippen molar-refractivity contribution >= 4 is 35.0 Å². The number of thioether (sulfide) groups is 1. The maximum Gasteiger partial charge on any atom is 0.234 e. The highest BCUT2D eigenvalue weighted by Crippen LogP contribution is 2.27. The fourth-order valence-electron chi connectivity index (χ4n) is 3.00. The Morgan fingerprint density at radius 3 is 2.86 bits per heavy atom. The number of benzene rings is 1. The molecule has 2 aromatic heterocycles. The predicted octanol–water partition coefficient (Wildman–Crippen LogP) is 4.10. The van der Waals surface area contributed by atoms with Crippen LogP contribution in [0.15, 0.2) is 52.2 Å². The molecule has 1 fully saturated rings. The Morgan fingerprint density at radius 2 is 2.14 bits per heavy atom. The molecule has 0 aliphatic carbocycles. The highest BCUT2D eigenvalue weighted by atomic mass is 35.5. The van der Waals surface area contributed by atoms with Gasteiger partial charge in [0.25, 0.3) is 0 Å². The van der Waals surface area contributed by atoms with E-state index in [2.05, 4.69) is 15.5 Å². The molecule has 0 radical (unpaired) electrons. The van der Waals surface area contributed by atoms with E-state index in [-0.39, 0.29) is 17.8 Å². The molecule has 1 atom stereocenters. The molecule has 1 amide bonds. The first kappa shape index (κ1) is 19.0. The van der Waals surface area contributed by atoms with Crippen molar-refractivity contribution in [2.24, 2.45) is 0 Å². The summed E-state index contributed by atoms with van der Waals surface area (Å²) in [6, 6.07) is 10.7. The van der Waals surface area contributed by atoms with Gasteiger partial charge < -0.3 is 14.5 Å². The van der Waals surface area contributed by atoms with Gasteiger partial charge in [0.05, 0.1) is 24.7 Å². The molecule has 7 nitrogen and oxygen atoms in total. The number of furan rings is 1. The quantitative estimate of drug-likeness (QED) is 0.581. The maximum absolute atomic E-state index is 12.3. The van der Waals surface area contributed by atoms with E-state index >= 15 is 0 Å². The number of rotatable bonds is 7. The zero-order valence-corrected chi connectivity index (χ0v) is 16.6. The second kappa shape index (κ2) is 8.81. The van der Waals surface area contributed by atoms with Gasteiger partial charge in [-0.1, -0.05) is 23.4 Å². The number of nitrogens with one attached hydrogen (secondary N) is 1. The van der Waals surface area contributed by atoms with Crippen LogP contribution in [0.4, 0.5) is 5.69 Å². The highest BCUT2D eigenvalue weighted by Gasteiger charge is 2.23. The molecule has 3 heterocycles. The number of hydrogen-bond acceptors (Lipinski definition) is 6. The average Bonchev–Trinajstić information content (AvgIpc) is 3.44. The summed E-state index contributed by atoms with van der Waals surface area (Å²) in [7, 11) is 0. The van der Waals surface area contributed by atoms with Gasteiger partial charge in [-0.15, -0.1) is 10.2 Å². The second-order valence-electron chi connectivity index (χ2n) is 6.37. The fraction of sp³-hybridized carbons (Fsp3) is 0.316. The van der Waals surface area contributed by atoms with Crippen LogP contribution in [0.25, 0.3) is 11.6 Å². The number of carbonyl (C=O) groups excluding carboxylic acids is 1. The van der Waals surface area contributed by atoms with Crippen LogP contribution in [0.1, 0.15) is 12.8 Å². The molecule has 4 rings (SSSR count). The standard InChI is InChI=1S/C19H19ClN4O3S/c20-13-5-7-14(8-6-13)21-17(25)12-28-19-23-22-18(16-4-2-10-27-16)24(19)11-15-3-1-9-26-15/h2,4-8,10,15H,1,3,9,11-12H2,(H,21,25). The summed E-state index contributed by atoms with van der Waals surface area (Å²) in [6.45, 7) is 1.40. The Morgan fingerprint density at radius 1 is 1.29 bits per heavy atom. The van der Waals surface area contributed by atoms with E-state index in [0.717, 1.165) is 19.4 Å². The van der Waals surface area contributed by atoms with Crippen molar-refractivity contribution in [1.82, 2.24) is 14.8 Å². The zero-order valence-electron chi connectivity index (χ0n) is 15.0. The Hall–Kier alpha value is -2.29. The molecule has 1 unspecified atom stereocenters. The number of anilines is 1. The van der Waals surface area contributed by atoms with Crippen molar-refractivity contribution in [3.8, 4) is 11.6 Å². The molecule has 1 aliphatic heterocycles. The van der Waals surface area contributed by atoms with E-state index in [4.69, 9.17) is 20.8 Å². The number of hydrogen-bond donors (Lipinski definition) is 1. The average molecular weight is 419 g/mol. The van der Waals surface area contributed by atoms with E-state index in [1.807, 2.05) is 16.7 Å². The van der Waals surface area contributed by atoms with E-state index in [1.54, 1.807) is 30.5 Å². The van der Waals surface area contributed by atoms with Gasteiger partial charge in [-0.25, -0.2) is 0 Å². The topological polar surface area (TPSA) is 82.2 Å².